The third kappa shape index (κ3) is 2.88. The third-order valence-electron chi connectivity index (χ3n) is 1.65. The van der Waals surface area contributed by atoms with E-state index in [4.69, 9.17) is 5.73 Å². The monoisotopic (exact) mass is 255 g/mol. The summed E-state index contributed by atoms with van der Waals surface area (Å²) < 4.78 is 5.38. The van der Waals surface area contributed by atoms with Crippen molar-refractivity contribution in [3.63, 3.8) is 0 Å². The van der Waals surface area contributed by atoms with Gasteiger partial charge in [0.2, 0.25) is 0 Å². The lowest BCUT2D eigenvalue weighted by Crippen LogP contribution is -1.94. The predicted octanol–water partition coefficient (Wildman–Crippen LogP) is 2.22. The van der Waals surface area contributed by atoms with E-state index in [1.807, 2.05) is 12.1 Å². The first-order chi connectivity index (χ1) is 6.63. The van der Waals surface area contributed by atoms with E-state index in [9.17, 15) is 4.79 Å². The quantitative estimate of drug-likeness (QED) is 0.501. The second kappa shape index (κ2) is 4.81. The van der Waals surface area contributed by atoms with Crippen LogP contribution in [0, 0.1) is 0 Å². The standard InChI is InChI=1S/C10H10BrNO2/c1-14-10(13)5-2-7-6-8(11)3-4-9(7)12/h2-6H,12H2,1H3/b5-2+. The van der Waals surface area contributed by atoms with Crippen LogP contribution in [0.3, 0.4) is 0 Å². The summed E-state index contributed by atoms with van der Waals surface area (Å²) in [6.07, 6.45) is 2.95. The average Bonchev–Trinajstić information content (AvgIpc) is 2.19. The molecule has 0 saturated heterocycles. The molecule has 0 fully saturated rings. The Morgan fingerprint density at radius 1 is 1.57 bits per heavy atom. The first kappa shape index (κ1) is 10.8. The molecule has 74 valence electrons. The van der Waals surface area contributed by atoms with Gasteiger partial charge in [-0.05, 0) is 29.8 Å². The number of nitrogens with two attached hydrogens (primary N) is 1. The summed E-state index contributed by atoms with van der Waals surface area (Å²) >= 11 is 3.31. The lowest BCUT2D eigenvalue weighted by atomic mass is 10.2. The Kier molecular flexibility index (Phi) is 3.71. The molecule has 0 unspecified atom stereocenters. The molecule has 2 N–H and O–H groups in total. The van der Waals surface area contributed by atoms with Gasteiger partial charge in [0.15, 0.2) is 0 Å². The molecular weight excluding hydrogens is 246 g/mol. The van der Waals surface area contributed by atoms with Crippen molar-refractivity contribution in [1.82, 2.24) is 0 Å². The van der Waals surface area contributed by atoms with Crippen LogP contribution >= 0.6 is 15.9 Å². The number of hydrogen-bond acceptors (Lipinski definition) is 3. The second-order valence-electron chi connectivity index (χ2n) is 2.63. The van der Waals surface area contributed by atoms with Crippen molar-refractivity contribution in [3.8, 4) is 0 Å². The van der Waals surface area contributed by atoms with E-state index in [-0.39, 0.29) is 0 Å². The van der Waals surface area contributed by atoms with Crippen LogP contribution in [0.15, 0.2) is 28.7 Å². The molecule has 1 aromatic carbocycles. The molecule has 0 amide bonds. The summed E-state index contributed by atoms with van der Waals surface area (Å²) in [5.41, 5.74) is 7.09. The number of hydrogen-bond donors (Lipinski definition) is 1. The van der Waals surface area contributed by atoms with E-state index in [0.29, 0.717) is 5.69 Å². The smallest absolute Gasteiger partial charge is 0.330 e. The summed E-state index contributed by atoms with van der Waals surface area (Å²) in [5.74, 6) is -0.399. The third-order valence-corrected chi connectivity index (χ3v) is 2.14. The second-order valence-corrected chi connectivity index (χ2v) is 3.55. The summed E-state index contributed by atoms with van der Waals surface area (Å²) in [6.45, 7) is 0. The van der Waals surface area contributed by atoms with Crippen molar-refractivity contribution in [2.75, 3.05) is 12.8 Å². The zero-order chi connectivity index (χ0) is 10.6. The van der Waals surface area contributed by atoms with E-state index in [0.717, 1.165) is 10.0 Å². The van der Waals surface area contributed by atoms with Crippen molar-refractivity contribution in [1.29, 1.82) is 0 Å². The highest BCUT2D eigenvalue weighted by Gasteiger charge is 1.97. The molecule has 0 aliphatic heterocycles. The first-order valence-corrected chi connectivity index (χ1v) is 4.74. The van der Waals surface area contributed by atoms with Gasteiger partial charge in [-0.3, -0.25) is 0 Å². The molecule has 14 heavy (non-hydrogen) atoms. The molecule has 0 radical (unpaired) electrons. The van der Waals surface area contributed by atoms with Crippen LogP contribution in [-0.4, -0.2) is 13.1 Å². The van der Waals surface area contributed by atoms with Gasteiger partial charge < -0.3 is 10.5 Å². The Bertz CT molecular complexity index is 374. The number of anilines is 1. The van der Waals surface area contributed by atoms with Crippen LogP contribution in [0.5, 0.6) is 0 Å². The van der Waals surface area contributed by atoms with Crippen molar-refractivity contribution in [2.24, 2.45) is 0 Å². The summed E-state index contributed by atoms with van der Waals surface area (Å²) in [4.78, 5) is 10.8. The predicted molar refractivity (Wildman–Crippen MR) is 59.6 cm³/mol. The van der Waals surface area contributed by atoms with Gasteiger partial charge in [0.05, 0.1) is 7.11 Å². The Balaban J connectivity index is 2.90. The molecular formula is C10H10BrNO2. The van der Waals surface area contributed by atoms with E-state index in [1.165, 1.54) is 13.2 Å². The van der Waals surface area contributed by atoms with E-state index < -0.39 is 5.97 Å². The maximum Gasteiger partial charge on any atom is 0.330 e. The van der Waals surface area contributed by atoms with Crippen LogP contribution in [0.4, 0.5) is 5.69 Å². The van der Waals surface area contributed by atoms with Gasteiger partial charge in [-0.1, -0.05) is 15.9 Å². The fourth-order valence-corrected chi connectivity index (χ4v) is 1.29. The molecule has 0 atom stereocenters. The Labute approximate surface area is 90.7 Å². The number of ether oxygens (including phenoxy) is 1. The maximum absolute atomic E-state index is 10.8. The van der Waals surface area contributed by atoms with Gasteiger partial charge in [-0.15, -0.1) is 0 Å². The molecule has 0 aliphatic rings. The van der Waals surface area contributed by atoms with Gasteiger partial charge in [-0.2, -0.15) is 0 Å². The number of carbonyl (C=O) groups is 1. The number of nitrogen functional groups attached to an aromatic ring is 1. The highest BCUT2D eigenvalue weighted by Crippen LogP contribution is 2.19. The normalized spacial score (nSPS) is 10.4. The molecule has 0 saturated carbocycles. The van der Waals surface area contributed by atoms with Gasteiger partial charge in [-0.25, -0.2) is 4.79 Å². The molecule has 0 aliphatic carbocycles. The Morgan fingerprint density at radius 3 is 2.93 bits per heavy atom. The highest BCUT2D eigenvalue weighted by atomic mass is 79.9. The lowest BCUT2D eigenvalue weighted by molar-refractivity contribution is -0.134. The number of rotatable bonds is 2. The number of carbonyl (C=O) groups excluding carboxylic acids is 1. The van der Waals surface area contributed by atoms with E-state index >= 15 is 0 Å². The Morgan fingerprint density at radius 2 is 2.29 bits per heavy atom. The number of benzene rings is 1. The number of methoxy groups -OCH3 is 1. The van der Waals surface area contributed by atoms with Crippen molar-refractivity contribution in [2.45, 2.75) is 0 Å². The first-order valence-electron chi connectivity index (χ1n) is 3.94. The van der Waals surface area contributed by atoms with E-state index in [2.05, 4.69) is 20.7 Å². The molecule has 0 heterocycles. The van der Waals surface area contributed by atoms with Crippen LogP contribution in [0.25, 0.3) is 6.08 Å². The average molecular weight is 256 g/mol. The Hall–Kier alpha value is -1.29. The SMILES string of the molecule is COC(=O)/C=C/c1cc(Br)ccc1N. The van der Waals surface area contributed by atoms with Crippen molar-refractivity contribution in [3.05, 3.63) is 34.3 Å². The number of esters is 1. The number of halogens is 1. The minimum Gasteiger partial charge on any atom is -0.466 e. The highest BCUT2D eigenvalue weighted by molar-refractivity contribution is 9.10. The topological polar surface area (TPSA) is 52.3 Å². The summed E-state index contributed by atoms with van der Waals surface area (Å²) in [7, 11) is 1.33. The fraction of sp³-hybridized carbons (Fsp3) is 0.100. The van der Waals surface area contributed by atoms with Crippen LogP contribution < -0.4 is 5.73 Å². The summed E-state index contributed by atoms with van der Waals surface area (Å²) in [5, 5.41) is 0. The molecule has 0 bridgehead atoms. The summed E-state index contributed by atoms with van der Waals surface area (Å²) in [6, 6.07) is 5.43. The zero-order valence-corrected chi connectivity index (χ0v) is 9.24. The van der Waals surface area contributed by atoms with Crippen molar-refractivity contribution < 1.29 is 9.53 Å². The molecule has 0 spiro atoms. The van der Waals surface area contributed by atoms with Gasteiger partial charge >= 0.3 is 5.97 Å². The van der Waals surface area contributed by atoms with Crippen LogP contribution in [0.1, 0.15) is 5.56 Å². The molecule has 1 aromatic rings. The van der Waals surface area contributed by atoms with Gasteiger partial charge in [0, 0.05) is 16.2 Å². The minimum absolute atomic E-state index is 0.399. The largest absolute Gasteiger partial charge is 0.466 e. The zero-order valence-electron chi connectivity index (χ0n) is 7.66. The fourth-order valence-electron chi connectivity index (χ4n) is 0.916. The van der Waals surface area contributed by atoms with Crippen LogP contribution in [-0.2, 0) is 9.53 Å². The molecule has 0 aromatic heterocycles. The molecule has 3 nitrogen and oxygen atoms in total. The van der Waals surface area contributed by atoms with E-state index in [1.54, 1.807) is 12.1 Å². The van der Waals surface area contributed by atoms with Crippen LogP contribution in [0.2, 0.25) is 0 Å². The molecule has 1 rings (SSSR count). The van der Waals surface area contributed by atoms with Gasteiger partial charge in [0.25, 0.3) is 0 Å². The maximum atomic E-state index is 10.8. The minimum atomic E-state index is -0.399. The van der Waals surface area contributed by atoms with Gasteiger partial charge in [0.1, 0.15) is 0 Å². The molecule has 4 heteroatoms. The lowest BCUT2D eigenvalue weighted by Gasteiger charge is -2.00. The van der Waals surface area contributed by atoms with Crippen molar-refractivity contribution >= 4 is 33.7 Å².